The molecule has 0 radical (unpaired) electrons. The lowest BCUT2D eigenvalue weighted by atomic mass is 10.0. The van der Waals surface area contributed by atoms with Crippen molar-refractivity contribution in [1.29, 1.82) is 0 Å². The SMILES string of the molecule is COc1cccc(C(CO)N2CCN(c3c(Cl)cncc3Cl)CC2)c1. The van der Waals surface area contributed by atoms with Crippen molar-refractivity contribution in [2.75, 3.05) is 44.8 Å². The molecule has 3 rings (SSSR count). The molecule has 1 atom stereocenters. The summed E-state index contributed by atoms with van der Waals surface area (Å²) in [6.07, 6.45) is 3.23. The second-order valence-electron chi connectivity index (χ2n) is 5.95. The highest BCUT2D eigenvalue weighted by Crippen LogP contribution is 2.34. The van der Waals surface area contributed by atoms with Gasteiger partial charge < -0.3 is 14.7 Å². The number of halogens is 2. The summed E-state index contributed by atoms with van der Waals surface area (Å²) >= 11 is 12.5. The second-order valence-corrected chi connectivity index (χ2v) is 6.76. The predicted octanol–water partition coefficient (Wildman–Crippen LogP) is 3.25. The van der Waals surface area contributed by atoms with Gasteiger partial charge in [-0.1, -0.05) is 35.3 Å². The molecule has 1 saturated heterocycles. The fourth-order valence-electron chi connectivity index (χ4n) is 3.24. The summed E-state index contributed by atoms with van der Waals surface area (Å²) in [5.41, 5.74) is 1.88. The number of hydrogen-bond donors (Lipinski definition) is 1. The number of nitrogens with zero attached hydrogens (tertiary/aromatic N) is 3. The lowest BCUT2D eigenvalue weighted by molar-refractivity contribution is 0.117. The Balaban J connectivity index is 1.72. The van der Waals surface area contributed by atoms with Crippen molar-refractivity contribution in [2.45, 2.75) is 6.04 Å². The lowest BCUT2D eigenvalue weighted by Gasteiger charge is -2.40. The molecule has 2 aromatic rings. The normalized spacial score (nSPS) is 16.7. The summed E-state index contributed by atoms with van der Waals surface area (Å²) in [4.78, 5) is 8.45. The van der Waals surface area contributed by atoms with E-state index >= 15 is 0 Å². The largest absolute Gasteiger partial charge is 0.497 e. The van der Waals surface area contributed by atoms with Crippen LogP contribution in [-0.4, -0.2) is 54.9 Å². The van der Waals surface area contributed by atoms with Gasteiger partial charge in [0.25, 0.3) is 0 Å². The molecular formula is C18H21Cl2N3O2. The number of pyridine rings is 1. The van der Waals surface area contributed by atoms with Gasteiger partial charge in [0, 0.05) is 38.6 Å². The summed E-state index contributed by atoms with van der Waals surface area (Å²) in [5, 5.41) is 11.0. The van der Waals surface area contributed by atoms with Crippen molar-refractivity contribution >= 4 is 28.9 Å². The van der Waals surface area contributed by atoms with Gasteiger partial charge >= 0.3 is 0 Å². The van der Waals surface area contributed by atoms with Crippen LogP contribution in [0.25, 0.3) is 0 Å². The Hall–Kier alpha value is -1.53. The van der Waals surface area contributed by atoms with E-state index < -0.39 is 0 Å². The molecule has 1 unspecified atom stereocenters. The smallest absolute Gasteiger partial charge is 0.119 e. The number of methoxy groups -OCH3 is 1. The first-order chi connectivity index (χ1) is 12.1. The molecular weight excluding hydrogens is 361 g/mol. The topological polar surface area (TPSA) is 48.8 Å². The van der Waals surface area contributed by atoms with Crippen molar-refractivity contribution in [3.63, 3.8) is 0 Å². The zero-order valence-electron chi connectivity index (χ0n) is 14.0. The third kappa shape index (κ3) is 4.01. The summed E-state index contributed by atoms with van der Waals surface area (Å²) in [6, 6.07) is 7.80. The number of benzene rings is 1. The van der Waals surface area contributed by atoms with Crippen LogP contribution < -0.4 is 9.64 Å². The molecule has 2 heterocycles. The Morgan fingerprint density at radius 3 is 2.44 bits per heavy atom. The van der Waals surface area contributed by atoms with Crippen molar-refractivity contribution in [2.24, 2.45) is 0 Å². The Bertz CT molecular complexity index is 701. The molecule has 1 aliphatic heterocycles. The Morgan fingerprint density at radius 1 is 1.16 bits per heavy atom. The van der Waals surface area contributed by atoms with Crippen LogP contribution >= 0.6 is 23.2 Å². The standard InChI is InChI=1S/C18H21Cl2N3O2/c1-25-14-4-2-3-13(9-14)17(12-24)22-5-7-23(8-6-22)18-15(19)10-21-11-16(18)20/h2-4,9-11,17,24H,5-8,12H2,1H3. The van der Waals surface area contributed by atoms with Gasteiger partial charge in [0.15, 0.2) is 0 Å². The van der Waals surface area contributed by atoms with E-state index in [1.165, 1.54) is 0 Å². The van der Waals surface area contributed by atoms with Crippen molar-refractivity contribution in [3.05, 3.63) is 52.3 Å². The second kappa shape index (κ2) is 8.23. The van der Waals surface area contributed by atoms with E-state index in [0.29, 0.717) is 10.0 Å². The molecule has 1 N–H and O–H groups in total. The van der Waals surface area contributed by atoms with E-state index in [1.54, 1.807) is 19.5 Å². The first kappa shape index (κ1) is 18.3. The fourth-order valence-corrected chi connectivity index (χ4v) is 3.85. The van der Waals surface area contributed by atoms with Crippen LogP contribution in [0.3, 0.4) is 0 Å². The number of ether oxygens (including phenoxy) is 1. The Kier molecular flexibility index (Phi) is 6.02. The highest BCUT2D eigenvalue weighted by atomic mass is 35.5. The Labute approximate surface area is 157 Å². The number of anilines is 1. The molecule has 1 aliphatic rings. The third-order valence-electron chi connectivity index (χ3n) is 4.55. The number of aliphatic hydroxyl groups excluding tert-OH is 1. The molecule has 0 bridgehead atoms. The van der Waals surface area contributed by atoms with E-state index in [-0.39, 0.29) is 12.6 Å². The molecule has 1 aromatic heterocycles. The molecule has 5 nitrogen and oxygen atoms in total. The van der Waals surface area contributed by atoms with Gasteiger partial charge in [-0.2, -0.15) is 0 Å². The molecule has 25 heavy (non-hydrogen) atoms. The lowest BCUT2D eigenvalue weighted by Crippen LogP contribution is -2.48. The van der Waals surface area contributed by atoms with Crippen molar-refractivity contribution in [3.8, 4) is 5.75 Å². The maximum Gasteiger partial charge on any atom is 0.119 e. The van der Waals surface area contributed by atoms with Crippen LogP contribution in [0.2, 0.25) is 10.0 Å². The van der Waals surface area contributed by atoms with Gasteiger partial charge in [-0.15, -0.1) is 0 Å². The highest BCUT2D eigenvalue weighted by Gasteiger charge is 2.26. The number of hydrogen-bond acceptors (Lipinski definition) is 5. The number of piperazine rings is 1. The number of aliphatic hydroxyl groups is 1. The van der Waals surface area contributed by atoms with Crippen molar-refractivity contribution in [1.82, 2.24) is 9.88 Å². The zero-order chi connectivity index (χ0) is 17.8. The van der Waals surface area contributed by atoms with Gasteiger partial charge in [-0.25, -0.2) is 0 Å². The van der Waals surface area contributed by atoms with Crippen LogP contribution in [0.1, 0.15) is 11.6 Å². The monoisotopic (exact) mass is 381 g/mol. The summed E-state index contributed by atoms with van der Waals surface area (Å²) in [6.45, 7) is 3.23. The van der Waals surface area contributed by atoms with Crippen molar-refractivity contribution < 1.29 is 9.84 Å². The van der Waals surface area contributed by atoms with Crippen LogP contribution in [0, 0.1) is 0 Å². The quantitative estimate of drug-likeness (QED) is 0.861. The minimum absolute atomic E-state index is 0.0550. The molecule has 134 valence electrons. The molecule has 0 saturated carbocycles. The maximum absolute atomic E-state index is 9.92. The minimum Gasteiger partial charge on any atom is -0.497 e. The zero-order valence-corrected chi connectivity index (χ0v) is 15.5. The van der Waals surface area contributed by atoms with E-state index in [2.05, 4.69) is 14.8 Å². The molecule has 0 aliphatic carbocycles. The molecule has 1 aromatic carbocycles. The summed E-state index contributed by atoms with van der Waals surface area (Å²) in [7, 11) is 1.65. The molecule has 1 fully saturated rings. The van der Waals surface area contributed by atoms with Gasteiger partial charge in [0.05, 0.1) is 35.5 Å². The molecule has 0 spiro atoms. The number of aromatic nitrogens is 1. The summed E-state index contributed by atoms with van der Waals surface area (Å²) in [5.74, 6) is 0.796. The van der Waals surface area contributed by atoms with Crippen LogP contribution in [0.15, 0.2) is 36.7 Å². The van der Waals surface area contributed by atoms with Gasteiger partial charge in [-0.3, -0.25) is 9.88 Å². The van der Waals surface area contributed by atoms with E-state index in [9.17, 15) is 5.11 Å². The number of rotatable bonds is 5. The van der Waals surface area contributed by atoms with E-state index in [4.69, 9.17) is 27.9 Å². The van der Waals surface area contributed by atoms with Gasteiger partial charge in [0.1, 0.15) is 5.75 Å². The Morgan fingerprint density at radius 2 is 1.84 bits per heavy atom. The molecule has 0 amide bonds. The van der Waals surface area contributed by atoms with Crippen LogP contribution in [-0.2, 0) is 0 Å². The average Bonchev–Trinajstić information content (AvgIpc) is 2.63. The molecule has 7 heteroatoms. The third-order valence-corrected chi connectivity index (χ3v) is 5.10. The van der Waals surface area contributed by atoms with Crippen LogP contribution in [0.4, 0.5) is 5.69 Å². The van der Waals surface area contributed by atoms with E-state index in [0.717, 1.165) is 43.2 Å². The predicted molar refractivity (Wildman–Crippen MR) is 101 cm³/mol. The first-order valence-corrected chi connectivity index (χ1v) is 8.92. The summed E-state index contributed by atoms with van der Waals surface area (Å²) < 4.78 is 5.29. The minimum atomic E-state index is -0.0550. The van der Waals surface area contributed by atoms with Gasteiger partial charge in [0.2, 0.25) is 0 Å². The van der Waals surface area contributed by atoms with Crippen LogP contribution in [0.5, 0.6) is 5.75 Å². The average molecular weight is 382 g/mol. The van der Waals surface area contributed by atoms with Gasteiger partial charge in [-0.05, 0) is 17.7 Å². The maximum atomic E-state index is 9.92. The van der Waals surface area contributed by atoms with E-state index in [1.807, 2.05) is 24.3 Å². The fraction of sp³-hybridized carbons (Fsp3) is 0.389. The first-order valence-electron chi connectivity index (χ1n) is 8.17. The highest BCUT2D eigenvalue weighted by molar-refractivity contribution is 6.38.